The predicted octanol–water partition coefficient (Wildman–Crippen LogP) is 5.44. The third kappa shape index (κ3) is 3.56. The summed E-state index contributed by atoms with van der Waals surface area (Å²) in [6, 6.07) is 13.1. The number of aryl methyl sites for hydroxylation is 2. The Kier molecular flexibility index (Phi) is 5.80. The van der Waals surface area contributed by atoms with E-state index < -0.39 is 17.7 Å². The number of rotatable bonds is 5. The van der Waals surface area contributed by atoms with Gasteiger partial charge in [0.15, 0.2) is 0 Å². The Morgan fingerprint density at radius 2 is 1.91 bits per heavy atom. The molecule has 0 saturated carbocycles. The molecule has 1 aliphatic rings. The van der Waals surface area contributed by atoms with Crippen LogP contribution in [0.3, 0.4) is 0 Å². The van der Waals surface area contributed by atoms with E-state index in [4.69, 9.17) is 20.8 Å². The molecule has 32 heavy (non-hydrogen) atoms. The van der Waals surface area contributed by atoms with Gasteiger partial charge in [-0.3, -0.25) is 14.5 Å². The number of amides is 1. The number of aliphatic hydroxyl groups is 1. The van der Waals surface area contributed by atoms with Crippen LogP contribution in [-0.4, -0.2) is 23.9 Å². The van der Waals surface area contributed by atoms with Crippen LogP contribution >= 0.6 is 11.6 Å². The lowest BCUT2D eigenvalue weighted by Crippen LogP contribution is -2.29. The molecule has 1 N–H and O–H groups in total. The zero-order valence-electron chi connectivity index (χ0n) is 17.9. The SMILES string of the molecule is CCc1ccc(N2C(=O)C(=O)/C(=C(\O)c3cc(C)cc(Cl)c3OC)C2c2ccco2)cc1. The van der Waals surface area contributed by atoms with E-state index in [1.54, 1.807) is 43.3 Å². The standard InChI is InChI=1S/C25H22ClNO5/c1-4-15-7-9-16(10-8-15)27-21(19-6-5-11-32-19)20(23(29)25(27)30)22(28)17-12-14(2)13-18(26)24(17)31-3/h5-13,21,28H,4H2,1-3H3/b22-20-. The number of furan rings is 1. The van der Waals surface area contributed by atoms with Gasteiger partial charge in [0.05, 0.1) is 29.5 Å². The first-order valence-corrected chi connectivity index (χ1v) is 10.5. The second kappa shape index (κ2) is 8.55. The van der Waals surface area contributed by atoms with E-state index in [1.165, 1.54) is 18.3 Å². The van der Waals surface area contributed by atoms with Crippen LogP contribution in [0.25, 0.3) is 5.76 Å². The van der Waals surface area contributed by atoms with Gasteiger partial charge in [0, 0.05) is 5.69 Å². The number of Topliss-reactive ketones (excluding diaryl/α,β-unsaturated/α-hetero) is 1. The lowest BCUT2D eigenvalue weighted by Gasteiger charge is -2.23. The molecule has 7 heteroatoms. The minimum atomic E-state index is -0.943. The van der Waals surface area contributed by atoms with Gasteiger partial charge in [0.1, 0.15) is 23.3 Å². The molecule has 0 spiro atoms. The van der Waals surface area contributed by atoms with E-state index in [1.807, 2.05) is 19.1 Å². The number of aliphatic hydroxyl groups excluding tert-OH is 1. The van der Waals surface area contributed by atoms with Gasteiger partial charge < -0.3 is 14.3 Å². The van der Waals surface area contributed by atoms with Crippen molar-refractivity contribution in [3.8, 4) is 5.75 Å². The maximum atomic E-state index is 13.2. The van der Waals surface area contributed by atoms with Crippen molar-refractivity contribution >= 4 is 34.7 Å². The second-order valence-electron chi connectivity index (χ2n) is 7.53. The number of anilines is 1. The first-order valence-electron chi connectivity index (χ1n) is 10.1. The molecule has 3 aromatic rings. The van der Waals surface area contributed by atoms with Crippen molar-refractivity contribution < 1.29 is 23.8 Å². The van der Waals surface area contributed by atoms with Crippen LogP contribution < -0.4 is 9.64 Å². The number of hydrogen-bond acceptors (Lipinski definition) is 5. The summed E-state index contributed by atoms with van der Waals surface area (Å²) in [5.74, 6) is -1.38. The van der Waals surface area contributed by atoms with Crippen LogP contribution in [0.15, 0.2) is 64.8 Å². The fraction of sp³-hybridized carbons (Fsp3) is 0.200. The zero-order valence-corrected chi connectivity index (χ0v) is 18.6. The van der Waals surface area contributed by atoms with E-state index in [9.17, 15) is 14.7 Å². The minimum Gasteiger partial charge on any atom is -0.507 e. The molecule has 1 unspecified atom stereocenters. The van der Waals surface area contributed by atoms with Crippen molar-refractivity contribution in [2.75, 3.05) is 12.0 Å². The Hall–Kier alpha value is -3.51. The first-order chi connectivity index (χ1) is 15.4. The molecule has 2 aromatic carbocycles. The highest BCUT2D eigenvalue weighted by Crippen LogP contribution is 2.44. The molecule has 1 atom stereocenters. The van der Waals surface area contributed by atoms with Gasteiger partial charge in [-0.1, -0.05) is 30.7 Å². The fourth-order valence-electron chi connectivity index (χ4n) is 3.96. The maximum Gasteiger partial charge on any atom is 0.300 e. The summed E-state index contributed by atoms with van der Waals surface area (Å²) in [5, 5.41) is 11.6. The molecule has 1 fully saturated rings. The number of ether oxygens (including phenoxy) is 1. The highest BCUT2D eigenvalue weighted by molar-refractivity contribution is 6.51. The van der Waals surface area contributed by atoms with Crippen molar-refractivity contribution in [2.45, 2.75) is 26.3 Å². The van der Waals surface area contributed by atoms with E-state index in [-0.39, 0.29) is 27.7 Å². The molecule has 164 valence electrons. The van der Waals surface area contributed by atoms with Crippen LogP contribution in [0.4, 0.5) is 5.69 Å². The summed E-state index contributed by atoms with van der Waals surface area (Å²) in [5.41, 5.74) is 2.52. The smallest absolute Gasteiger partial charge is 0.300 e. The number of carbonyl (C=O) groups is 2. The van der Waals surface area contributed by atoms with Gasteiger partial charge >= 0.3 is 0 Å². The van der Waals surface area contributed by atoms with Gasteiger partial charge in [0.25, 0.3) is 11.7 Å². The topological polar surface area (TPSA) is 80.0 Å². The van der Waals surface area contributed by atoms with Crippen molar-refractivity contribution in [3.05, 3.63) is 87.8 Å². The third-order valence-corrected chi connectivity index (χ3v) is 5.81. The van der Waals surface area contributed by atoms with Gasteiger partial charge in [-0.25, -0.2) is 0 Å². The molecule has 1 aliphatic heterocycles. The Morgan fingerprint density at radius 1 is 1.19 bits per heavy atom. The van der Waals surface area contributed by atoms with E-state index in [0.29, 0.717) is 11.4 Å². The zero-order chi connectivity index (χ0) is 23.0. The number of ketones is 1. The molecule has 1 amide bonds. The highest BCUT2D eigenvalue weighted by atomic mass is 35.5. The van der Waals surface area contributed by atoms with Crippen LogP contribution in [0.5, 0.6) is 5.75 Å². The summed E-state index contributed by atoms with van der Waals surface area (Å²) in [6.45, 7) is 3.84. The third-order valence-electron chi connectivity index (χ3n) is 5.53. The molecule has 4 rings (SSSR count). The molecule has 0 radical (unpaired) electrons. The molecular weight excluding hydrogens is 430 g/mol. The molecule has 2 heterocycles. The van der Waals surface area contributed by atoms with Crippen molar-refractivity contribution in [1.82, 2.24) is 0 Å². The van der Waals surface area contributed by atoms with E-state index >= 15 is 0 Å². The van der Waals surface area contributed by atoms with Crippen molar-refractivity contribution in [1.29, 1.82) is 0 Å². The normalized spacial score (nSPS) is 17.8. The number of benzene rings is 2. The van der Waals surface area contributed by atoms with Crippen molar-refractivity contribution in [2.24, 2.45) is 0 Å². The Morgan fingerprint density at radius 3 is 2.50 bits per heavy atom. The Bertz CT molecular complexity index is 1210. The van der Waals surface area contributed by atoms with Gasteiger partial charge in [-0.05, 0) is 60.9 Å². The lowest BCUT2D eigenvalue weighted by molar-refractivity contribution is -0.132. The van der Waals surface area contributed by atoms with Crippen LogP contribution in [0.2, 0.25) is 5.02 Å². The van der Waals surface area contributed by atoms with E-state index in [0.717, 1.165) is 17.5 Å². The van der Waals surface area contributed by atoms with Gasteiger partial charge in [-0.15, -0.1) is 0 Å². The van der Waals surface area contributed by atoms with Crippen LogP contribution in [0.1, 0.15) is 35.4 Å². The Balaban J connectivity index is 1.95. The average Bonchev–Trinajstić information content (AvgIpc) is 3.40. The van der Waals surface area contributed by atoms with Crippen LogP contribution in [0, 0.1) is 6.92 Å². The fourth-order valence-corrected chi connectivity index (χ4v) is 4.32. The molecule has 6 nitrogen and oxygen atoms in total. The number of hydrogen-bond donors (Lipinski definition) is 1. The predicted molar refractivity (Wildman–Crippen MR) is 122 cm³/mol. The first kappa shape index (κ1) is 21.7. The largest absolute Gasteiger partial charge is 0.507 e. The second-order valence-corrected chi connectivity index (χ2v) is 7.94. The number of nitrogens with zero attached hydrogens (tertiary/aromatic N) is 1. The summed E-state index contributed by atoms with van der Waals surface area (Å²) >= 11 is 6.30. The van der Waals surface area contributed by atoms with Crippen molar-refractivity contribution in [3.63, 3.8) is 0 Å². The summed E-state index contributed by atoms with van der Waals surface area (Å²) in [4.78, 5) is 27.7. The van der Waals surface area contributed by atoms with E-state index in [2.05, 4.69) is 0 Å². The summed E-state index contributed by atoms with van der Waals surface area (Å²) in [7, 11) is 1.42. The summed E-state index contributed by atoms with van der Waals surface area (Å²) in [6.07, 6.45) is 2.30. The molecular formula is C25H22ClNO5. The molecule has 1 aromatic heterocycles. The number of carbonyl (C=O) groups excluding carboxylic acids is 2. The van der Waals surface area contributed by atoms with Crippen LogP contribution in [-0.2, 0) is 16.0 Å². The lowest BCUT2D eigenvalue weighted by atomic mass is 9.97. The summed E-state index contributed by atoms with van der Waals surface area (Å²) < 4.78 is 11.0. The maximum absolute atomic E-state index is 13.2. The minimum absolute atomic E-state index is 0.0931. The quantitative estimate of drug-likeness (QED) is 0.317. The Labute approximate surface area is 190 Å². The monoisotopic (exact) mass is 451 g/mol. The molecule has 0 bridgehead atoms. The average molecular weight is 452 g/mol. The molecule has 0 aliphatic carbocycles. The van der Waals surface area contributed by atoms with Gasteiger partial charge in [0.2, 0.25) is 0 Å². The number of methoxy groups -OCH3 is 1. The highest BCUT2D eigenvalue weighted by Gasteiger charge is 2.48. The van der Waals surface area contributed by atoms with Gasteiger partial charge in [-0.2, -0.15) is 0 Å². The number of halogens is 1. The molecule has 1 saturated heterocycles.